The molecule has 124 valence electrons. The molecule has 0 aromatic carbocycles. The molecule has 2 N–H and O–H groups in total. The van der Waals surface area contributed by atoms with E-state index in [0.29, 0.717) is 52.8 Å². The monoisotopic (exact) mass is 296 g/mol. The lowest BCUT2D eigenvalue weighted by Gasteiger charge is -2.10. The lowest BCUT2D eigenvalue weighted by molar-refractivity contribution is 0.00428. The van der Waals surface area contributed by atoms with E-state index in [9.17, 15) is 4.79 Å². The van der Waals surface area contributed by atoms with Gasteiger partial charge in [0.2, 0.25) is 0 Å². The molecule has 0 spiro atoms. The topological polar surface area (TPSA) is 78.1 Å². The second kappa shape index (κ2) is 14.5. The van der Waals surface area contributed by atoms with E-state index in [1.807, 2.05) is 13.8 Å². The lowest BCUT2D eigenvalue weighted by Crippen LogP contribution is -2.40. The molecule has 0 fully saturated rings. The summed E-state index contributed by atoms with van der Waals surface area (Å²) in [5.41, 5.74) is 0. The van der Waals surface area contributed by atoms with Crippen molar-refractivity contribution in [2.24, 2.45) is 0 Å². The summed E-state index contributed by atoms with van der Waals surface area (Å²) in [4.78, 5) is 11.2. The quantitative estimate of drug-likeness (QED) is 0.493. The van der Waals surface area contributed by atoms with Crippen LogP contribution in [-0.4, -0.2) is 72.0 Å². The summed E-state index contributed by atoms with van der Waals surface area (Å²) in [7, 11) is 1.64. The Morgan fingerprint density at radius 2 is 1.45 bits per heavy atom. The predicted molar refractivity (Wildman–Crippen MR) is 80.2 cm³/mol. The third kappa shape index (κ3) is 15.2. The number of rotatable bonds is 13. The molecule has 0 aliphatic heterocycles. The molecule has 7 heteroatoms. The van der Waals surface area contributed by atoms with E-state index >= 15 is 0 Å². The fourth-order valence-electron chi connectivity index (χ4n) is 1.23. The average molecular weight is 296 g/mol. The number of carbonyl (C=O) groups excluding carboxylic acids is 1. The highest BCUT2D eigenvalue weighted by Crippen LogP contribution is 1.82. The number of carbonyl (C=O) groups is 1. The van der Waals surface area contributed by atoms with Crippen molar-refractivity contribution in [1.82, 2.24) is 10.6 Å². The van der Waals surface area contributed by atoms with Crippen molar-refractivity contribution < 1.29 is 26.6 Å². The number of methoxy groups -OCH3 is 1. The summed E-state index contributed by atoms with van der Waals surface area (Å²) >= 11 is 0. The van der Waals surface area contributed by atoms with Crippen molar-refractivity contribution in [3.05, 3.63) is 0 Å². The van der Waals surface area contributed by atoms with E-state index in [-0.39, 0.29) is 14.9 Å². The van der Waals surface area contributed by atoms with Gasteiger partial charge >= 0.3 is 6.03 Å². The first-order valence-electron chi connectivity index (χ1n) is 6.93. The molecule has 20 heavy (non-hydrogen) atoms. The molecule has 0 radical (unpaired) electrons. The summed E-state index contributed by atoms with van der Waals surface area (Å²) in [5, 5.41) is 5.43. The Balaban J connectivity index is -0.00000180. The van der Waals surface area contributed by atoms with Gasteiger partial charge in [-0.25, -0.2) is 4.79 Å². The highest BCUT2D eigenvalue weighted by Gasteiger charge is 2.00. The van der Waals surface area contributed by atoms with Gasteiger partial charge in [-0.15, -0.1) is 0 Å². The summed E-state index contributed by atoms with van der Waals surface area (Å²) < 4.78 is 20.7. The van der Waals surface area contributed by atoms with Gasteiger partial charge in [-0.3, -0.25) is 0 Å². The minimum Gasteiger partial charge on any atom is -0.382 e. The van der Waals surface area contributed by atoms with Gasteiger partial charge in [0.1, 0.15) is 0 Å². The first-order chi connectivity index (χ1) is 9.66. The minimum absolute atomic E-state index is 0. The number of hydrogen-bond acceptors (Lipinski definition) is 5. The predicted octanol–water partition coefficient (Wildman–Crippen LogP) is 0.882. The normalized spacial score (nSPS) is 10.8. The van der Waals surface area contributed by atoms with Gasteiger partial charge in [0.15, 0.2) is 0 Å². The molecular formula is C13H32N2O5. The maximum absolute atomic E-state index is 11.2. The molecule has 2 amide bonds. The molecule has 0 bridgehead atoms. The summed E-state index contributed by atoms with van der Waals surface area (Å²) in [5.74, 6) is 0. The van der Waals surface area contributed by atoms with Crippen molar-refractivity contribution in [1.29, 1.82) is 0 Å². The maximum Gasteiger partial charge on any atom is 0.315 e. The van der Waals surface area contributed by atoms with Crippen LogP contribution >= 0.6 is 0 Å². The zero-order valence-corrected chi connectivity index (χ0v) is 12.8. The first-order valence-corrected chi connectivity index (χ1v) is 6.93. The molecule has 0 aromatic heterocycles. The second-order valence-electron chi connectivity index (χ2n) is 4.38. The molecule has 7 nitrogen and oxygen atoms in total. The Bertz CT molecular complexity index is 236. The standard InChI is InChI=1S/C13H28N2O5.2H2/c1-12(2)15-13(16)14-4-5-18-8-9-20-11-10-19-7-6-17-3;;/h12H,4-11H2,1-3H3,(H2,14,15,16);2*1H. The largest absolute Gasteiger partial charge is 0.382 e. The molecule has 0 rings (SSSR count). The molecular weight excluding hydrogens is 264 g/mol. The van der Waals surface area contributed by atoms with Gasteiger partial charge in [-0.05, 0) is 13.8 Å². The fraction of sp³-hybridized carbons (Fsp3) is 0.923. The van der Waals surface area contributed by atoms with Crippen molar-refractivity contribution in [3.63, 3.8) is 0 Å². The van der Waals surface area contributed by atoms with Gasteiger partial charge < -0.3 is 29.6 Å². The van der Waals surface area contributed by atoms with E-state index in [4.69, 9.17) is 18.9 Å². The minimum atomic E-state index is -0.173. The fourth-order valence-corrected chi connectivity index (χ4v) is 1.23. The summed E-state index contributed by atoms with van der Waals surface area (Å²) in [6, 6.07) is -0.0384. The Labute approximate surface area is 124 Å². The van der Waals surface area contributed by atoms with Crippen LogP contribution in [0.4, 0.5) is 4.79 Å². The number of urea groups is 1. The highest BCUT2D eigenvalue weighted by atomic mass is 16.6. The average Bonchev–Trinajstić information content (AvgIpc) is 2.39. The molecule has 0 atom stereocenters. The molecule has 0 aliphatic carbocycles. The van der Waals surface area contributed by atoms with Crippen LogP contribution in [0, 0.1) is 0 Å². The first kappa shape index (κ1) is 19.1. The second-order valence-corrected chi connectivity index (χ2v) is 4.38. The van der Waals surface area contributed by atoms with Gasteiger partial charge in [0.25, 0.3) is 0 Å². The third-order valence-corrected chi connectivity index (χ3v) is 2.13. The van der Waals surface area contributed by atoms with Crippen LogP contribution in [0.1, 0.15) is 16.7 Å². The van der Waals surface area contributed by atoms with Crippen LogP contribution in [0.5, 0.6) is 0 Å². The molecule has 0 saturated heterocycles. The van der Waals surface area contributed by atoms with E-state index < -0.39 is 0 Å². The van der Waals surface area contributed by atoms with Crippen molar-refractivity contribution in [2.45, 2.75) is 19.9 Å². The highest BCUT2D eigenvalue weighted by molar-refractivity contribution is 5.73. The Hall–Kier alpha value is -0.890. The van der Waals surface area contributed by atoms with E-state index in [2.05, 4.69) is 10.6 Å². The van der Waals surface area contributed by atoms with Gasteiger partial charge in [0.05, 0.1) is 46.2 Å². The number of amides is 2. The maximum atomic E-state index is 11.2. The van der Waals surface area contributed by atoms with Gasteiger partial charge in [-0.2, -0.15) is 0 Å². The molecule has 0 unspecified atom stereocenters. The van der Waals surface area contributed by atoms with Crippen LogP contribution < -0.4 is 10.6 Å². The van der Waals surface area contributed by atoms with E-state index in [1.54, 1.807) is 7.11 Å². The zero-order valence-electron chi connectivity index (χ0n) is 12.8. The Morgan fingerprint density at radius 3 is 1.95 bits per heavy atom. The summed E-state index contributed by atoms with van der Waals surface area (Å²) in [6.45, 7) is 8.08. The van der Waals surface area contributed by atoms with Crippen LogP contribution in [0.25, 0.3) is 0 Å². The van der Waals surface area contributed by atoms with Gasteiger partial charge in [-0.1, -0.05) is 0 Å². The number of nitrogens with one attached hydrogen (secondary N) is 2. The van der Waals surface area contributed by atoms with Gasteiger partial charge in [0, 0.05) is 22.5 Å². The molecule has 0 aromatic rings. The number of hydrogen-bond donors (Lipinski definition) is 2. The SMILES string of the molecule is COCCOCCOCCOCCNC(=O)NC(C)C.[HH].[HH]. The third-order valence-electron chi connectivity index (χ3n) is 2.13. The molecule has 0 heterocycles. The van der Waals surface area contributed by atoms with Crippen LogP contribution in [0.15, 0.2) is 0 Å². The van der Waals surface area contributed by atoms with Crippen LogP contribution in [0.3, 0.4) is 0 Å². The van der Waals surface area contributed by atoms with E-state index in [0.717, 1.165) is 0 Å². The Morgan fingerprint density at radius 1 is 0.950 bits per heavy atom. The van der Waals surface area contributed by atoms with E-state index in [1.165, 1.54) is 0 Å². The number of ether oxygens (including phenoxy) is 4. The van der Waals surface area contributed by atoms with Crippen molar-refractivity contribution >= 4 is 6.03 Å². The van der Waals surface area contributed by atoms with Crippen molar-refractivity contribution in [3.8, 4) is 0 Å². The molecule has 0 aliphatic rings. The Kier molecular flexibility index (Phi) is 13.9. The van der Waals surface area contributed by atoms with Crippen LogP contribution in [-0.2, 0) is 18.9 Å². The van der Waals surface area contributed by atoms with Crippen LogP contribution in [0.2, 0.25) is 0 Å². The zero-order chi connectivity index (χ0) is 15.1. The van der Waals surface area contributed by atoms with Crippen molar-refractivity contribution in [2.75, 3.05) is 59.9 Å². The summed E-state index contributed by atoms with van der Waals surface area (Å²) in [6.07, 6.45) is 0. The molecule has 0 saturated carbocycles. The lowest BCUT2D eigenvalue weighted by atomic mass is 10.4. The smallest absolute Gasteiger partial charge is 0.315 e.